The molecule has 1 fully saturated rings. The molecule has 0 aliphatic carbocycles. The Morgan fingerprint density at radius 2 is 2.00 bits per heavy atom. The van der Waals surface area contributed by atoms with Crippen LogP contribution in [0.4, 0.5) is 8.78 Å². The van der Waals surface area contributed by atoms with E-state index in [1.54, 1.807) is 36.0 Å². The number of hydrogen-bond donors (Lipinski definition) is 1. The van der Waals surface area contributed by atoms with Gasteiger partial charge in [-0.3, -0.25) is 0 Å². The third kappa shape index (κ3) is 2.23. The first kappa shape index (κ1) is 11.9. The molecular weight excluding hydrogens is 228 g/mol. The Hall–Kier alpha value is -0.610. The minimum absolute atomic E-state index is 0.138. The number of nitrogens with one attached hydrogen (secondary N) is 1. The van der Waals surface area contributed by atoms with Crippen LogP contribution in [0.1, 0.15) is 12.0 Å². The van der Waals surface area contributed by atoms with E-state index in [0.717, 1.165) is 4.90 Å². The van der Waals surface area contributed by atoms with Gasteiger partial charge in [-0.1, -0.05) is 12.1 Å². The van der Waals surface area contributed by atoms with Crippen LogP contribution in [0.25, 0.3) is 0 Å². The highest BCUT2D eigenvalue weighted by Gasteiger charge is 2.42. The van der Waals surface area contributed by atoms with E-state index in [9.17, 15) is 8.78 Å². The summed E-state index contributed by atoms with van der Waals surface area (Å²) in [6.07, 6.45) is 2.49. The molecule has 1 aromatic carbocycles. The monoisotopic (exact) mass is 243 g/mol. The van der Waals surface area contributed by atoms with E-state index >= 15 is 0 Å². The van der Waals surface area contributed by atoms with Crippen molar-refractivity contribution in [3.8, 4) is 0 Å². The van der Waals surface area contributed by atoms with Crippen molar-refractivity contribution in [2.24, 2.45) is 5.92 Å². The molecule has 1 aliphatic rings. The van der Waals surface area contributed by atoms with Gasteiger partial charge in [-0.05, 0) is 31.4 Å². The zero-order chi connectivity index (χ0) is 11.6. The van der Waals surface area contributed by atoms with E-state index in [4.69, 9.17) is 0 Å². The Morgan fingerprint density at radius 3 is 2.50 bits per heavy atom. The Morgan fingerprint density at radius 1 is 1.31 bits per heavy atom. The fourth-order valence-electron chi connectivity index (χ4n) is 2.01. The van der Waals surface area contributed by atoms with E-state index in [1.165, 1.54) is 0 Å². The molecule has 16 heavy (non-hydrogen) atoms. The smallest absolute Gasteiger partial charge is 0.277 e. The van der Waals surface area contributed by atoms with E-state index in [0.29, 0.717) is 19.5 Å². The van der Waals surface area contributed by atoms with E-state index in [-0.39, 0.29) is 5.56 Å². The lowest BCUT2D eigenvalue weighted by Crippen LogP contribution is -2.27. The van der Waals surface area contributed by atoms with Crippen LogP contribution in [-0.2, 0) is 5.92 Å². The Labute approximate surface area is 98.6 Å². The second-order valence-corrected chi connectivity index (χ2v) is 4.92. The molecule has 2 rings (SSSR count). The lowest BCUT2D eigenvalue weighted by atomic mass is 9.94. The molecule has 1 unspecified atom stereocenters. The van der Waals surface area contributed by atoms with Crippen LogP contribution in [0.3, 0.4) is 0 Å². The molecule has 1 atom stereocenters. The molecule has 1 saturated heterocycles. The van der Waals surface area contributed by atoms with E-state index in [2.05, 4.69) is 5.32 Å². The van der Waals surface area contributed by atoms with Gasteiger partial charge in [0, 0.05) is 22.9 Å². The van der Waals surface area contributed by atoms with Crippen LogP contribution in [0.5, 0.6) is 0 Å². The SMILES string of the molecule is CSc1ccc(C(F)(F)C2CCNC2)cc1. The second kappa shape index (κ2) is 4.72. The fourth-order valence-corrected chi connectivity index (χ4v) is 2.42. The molecule has 0 bridgehead atoms. The molecule has 1 aliphatic heterocycles. The van der Waals surface area contributed by atoms with Gasteiger partial charge in [-0.15, -0.1) is 11.8 Å². The summed E-state index contributed by atoms with van der Waals surface area (Å²) in [6.45, 7) is 1.11. The first-order valence-corrected chi connectivity index (χ1v) is 6.60. The summed E-state index contributed by atoms with van der Waals surface area (Å²) in [6, 6.07) is 6.61. The third-order valence-corrected chi connectivity index (χ3v) is 3.79. The maximum Gasteiger partial charge on any atom is 0.277 e. The quantitative estimate of drug-likeness (QED) is 0.819. The molecule has 1 nitrogen and oxygen atoms in total. The average Bonchev–Trinajstić information content (AvgIpc) is 2.83. The highest BCUT2D eigenvalue weighted by molar-refractivity contribution is 7.98. The molecule has 1 N–H and O–H groups in total. The Kier molecular flexibility index (Phi) is 3.50. The predicted octanol–water partition coefficient (Wildman–Crippen LogP) is 3.11. The van der Waals surface area contributed by atoms with Crippen molar-refractivity contribution in [1.29, 1.82) is 0 Å². The van der Waals surface area contributed by atoms with Crippen molar-refractivity contribution in [3.05, 3.63) is 29.8 Å². The minimum atomic E-state index is -2.71. The largest absolute Gasteiger partial charge is 0.316 e. The van der Waals surface area contributed by atoms with Gasteiger partial charge in [0.15, 0.2) is 0 Å². The minimum Gasteiger partial charge on any atom is -0.316 e. The summed E-state index contributed by atoms with van der Waals surface area (Å²) in [4.78, 5) is 1.02. The molecule has 88 valence electrons. The molecule has 0 aromatic heterocycles. The van der Waals surface area contributed by atoms with Gasteiger partial charge in [-0.25, -0.2) is 8.78 Å². The lowest BCUT2D eigenvalue weighted by molar-refractivity contribution is -0.0575. The standard InChI is InChI=1S/C12H15F2NS/c1-16-11-4-2-9(3-5-11)12(13,14)10-6-7-15-8-10/h2-5,10,15H,6-8H2,1H3. The maximum absolute atomic E-state index is 14.0. The van der Waals surface area contributed by atoms with Crippen molar-refractivity contribution in [2.75, 3.05) is 19.3 Å². The summed E-state index contributed by atoms with van der Waals surface area (Å²) < 4.78 is 28.1. The van der Waals surface area contributed by atoms with Gasteiger partial charge in [0.25, 0.3) is 5.92 Å². The number of benzene rings is 1. The number of alkyl halides is 2. The van der Waals surface area contributed by atoms with Gasteiger partial charge < -0.3 is 5.32 Å². The van der Waals surface area contributed by atoms with Crippen LogP contribution in [0, 0.1) is 5.92 Å². The van der Waals surface area contributed by atoms with Crippen LogP contribution in [-0.4, -0.2) is 19.3 Å². The molecule has 0 spiro atoms. The zero-order valence-electron chi connectivity index (χ0n) is 9.17. The number of hydrogen-bond acceptors (Lipinski definition) is 2. The van der Waals surface area contributed by atoms with Crippen molar-refractivity contribution < 1.29 is 8.78 Å². The predicted molar refractivity (Wildman–Crippen MR) is 63.1 cm³/mol. The maximum atomic E-state index is 14.0. The highest BCUT2D eigenvalue weighted by Crippen LogP contribution is 2.39. The number of thioether (sulfide) groups is 1. The zero-order valence-corrected chi connectivity index (χ0v) is 9.99. The van der Waals surface area contributed by atoms with Crippen molar-refractivity contribution in [2.45, 2.75) is 17.2 Å². The Balaban J connectivity index is 2.20. The molecule has 0 amide bonds. The first-order valence-electron chi connectivity index (χ1n) is 5.37. The van der Waals surface area contributed by atoms with Gasteiger partial charge in [0.2, 0.25) is 0 Å². The normalized spacial score (nSPS) is 21.3. The summed E-state index contributed by atoms with van der Waals surface area (Å²) in [5, 5.41) is 2.99. The van der Waals surface area contributed by atoms with E-state index in [1.807, 2.05) is 6.26 Å². The topological polar surface area (TPSA) is 12.0 Å². The summed E-state index contributed by atoms with van der Waals surface area (Å²) in [7, 11) is 0. The van der Waals surface area contributed by atoms with Crippen LogP contribution < -0.4 is 5.32 Å². The van der Waals surface area contributed by atoms with Gasteiger partial charge in [-0.2, -0.15) is 0 Å². The Bertz CT molecular complexity index is 345. The van der Waals surface area contributed by atoms with Crippen molar-refractivity contribution >= 4 is 11.8 Å². The second-order valence-electron chi connectivity index (χ2n) is 4.04. The summed E-state index contributed by atoms with van der Waals surface area (Å²) in [5.74, 6) is -3.27. The molecular formula is C12H15F2NS. The van der Waals surface area contributed by atoms with Crippen LogP contribution >= 0.6 is 11.8 Å². The van der Waals surface area contributed by atoms with Crippen molar-refractivity contribution in [1.82, 2.24) is 5.32 Å². The highest BCUT2D eigenvalue weighted by atomic mass is 32.2. The molecule has 1 aromatic rings. The van der Waals surface area contributed by atoms with Crippen LogP contribution in [0.2, 0.25) is 0 Å². The molecule has 0 radical (unpaired) electrons. The van der Waals surface area contributed by atoms with Gasteiger partial charge >= 0.3 is 0 Å². The molecule has 0 saturated carbocycles. The average molecular weight is 243 g/mol. The molecule has 1 heterocycles. The van der Waals surface area contributed by atoms with Crippen molar-refractivity contribution in [3.63, 3.8) is 0 Å². The lowest BCUT2D eigenvalue weighted by Gasteiger charge is -2.23. The number of rotatable bonds is 3. The first-order chi connectivity index (χ1) is 7.64. The third-order valence-electron chi connectivity index (χ3n) is 3.05. The fraction of sp³-hybridized carbons (Fsp3) is 0.500. The van der Waals surface area contributed by atoms with Crippen LogP contribution in [0.15, 0.2) is 29.2 Å². The number of halogens is 2. The summed E-state index contributed by atoms with van der Waals surface area (Å²) in [5.41, 5.74) is 0.138. The van der Waals surface area contributed by atoms with Gasteiger partial charge in [0.05, 0.1) is 0 Å². The van der Waals surface area contributed by atoms with E-state index < -0.39 is 11.8 Å². The van der Waals surface area contributed by atoms with Gasteiger partial charge in [0.1, 0.15) is 0 Å². The molecule has 4 heteroatoms. The summed E-state index contributed by atoms with van der Waals surface area (Å²) >= 11 is 1.56.